The average Bonchev–Trinajstić information content (AvgIpc) is 2.79. The number of hydrogen-bond donors (Lipinski definition) is 1. The van der Waals surface area contributed by atoms with Gasteiger partial charge in [0.15, 0.2) is 0 Å². The van der Waals surface area contributed by atoms with Crippen LogP contribution in [0.5, 0.6) is 0 Å². The third kappa shape index (κ3) is 2.78. The van der Waals surface area contributed by atoms with Crippen LogP contribution in [0.3, 0.4) is 0 Å². The van der Waals surface area contributed by atoms with Crippen molar-refractivity contribution in [2.24, 2.45) is 5.92 Å². The SMILES string of the molecule is CCC(CC)C(C)n1c(C(C)(C)C)nc2c1CCNC2. The van der Waals surface area contributed by atoms with Gasteiger partial charge in [0.1, 0.15) is 5.82 Å². The number of nitrogens with zero attached hydrogens (tertiary/aromatic N) is 2. The van der Waals surface area contributed by atoms with E-state index in [-0.39, 0.29) is 5.41 Å². The molecule has 1 aromatic heterocycles. The lowest BCUT2D eigenvalue weighted by Gasteiger charge is -2.30. The topological polar surface area (TPSA) is 29.9 Å². The Morgan fingerprint density at radius 3 is 2.45 bits per heavy atom. The molecule has 1 atom stereocenters. The van der Waals surface area contributed by atoms with E-state index in [0.29, 0.717) is 6.04 Å². The van der Waals surface area contributed by atoms with Gasteiger partial charge in [-0.1, -0.05) is 47.5 Å². The molecule has 0 radical (unpaired) electrons. The van der Waals surface area contributed by atoms with Gasteiger partial charge in [0.05, 0.1) is 5.69 Å². The molecule has 0 aromatic carbocycles. The van der Waals surface area contributed by atoms with E-state index in [9.17, 15) is 0 Å². The lowest BCUT2D eigenvalue weighted by molar-refractivity contribution is 0.306. The van der Waals surface area contributed by atoms with E-state index < -0.39 is 0 Å². The molecule has 0 bridgehead atoms. The first kappa shape index (κ1) is 15.6. The smallest absolute Gasteiger partial charge is 0.114 e. The van der Waals surface area contributed by atoms with E-state index in [2.05, 4.69) is 51.4 Å². The maximum absolute atomic E-state index is 4.99. The van der Waals surface area contributed by atoms with E-state index in [4.69, 9.17) is 4.98 Å². The Balaban J connectivity index is 2.51. The molecule has 2 heterocycles. The third-order valence-electron chi connectivity index (χ3n) is 4.73. The van der Waals surface area contributed by atoms with Crippen LogP contribution in [0.15, 0.2) is 0 Å². The normalized spacial score (nSPS) is 17.4. The Bertz CT molecular complexity index is 450. The van der Waals surface area contributed by atoms with Crippen molar-refractivity contribution < 1.29 is 0 Å². The van der Waals surface area contributed by atoms with Gasteiger partial charge in [0, 0.05) is 36.7 Å². The molecule has 0 fully saturated rings. The van der Waals surface area contributed by atoms with Crippen molar-refractivity contribution in [2.75, 3.05) is 6.54 Å². The largest absolute Gasteiger partial charge is 0.328 e. The Morgan fingerprint density at radius 2 is 1.90 bits per heavy atom. The summed E-state index contributed by atoms with van der Waals surface area (Å²) >= 11 is 0. The van der Waals surface area contributed by atoms with E-state index in [1.807, 2.05) is 0 Å². The van der Waals surface area contributed by atoms with E-state index >= 15 is 0 Å². The predicted molar refractivity (Wildman–Crippen MR) is 85.1 cm³/mol. The lowest BCUT2D eigenvalue weighted by atomic mass is 9.91. The fourth-order valence-corrected chi connectivity index (χ4v) is 3.48. The summed E-state index contributed by atoms with van der Waals surface area (Å²) in [5, 5.41) is 3.45. The van der Waals surface area contributed by atoms with Gasteiger partial charge in [0.2, 0.25) is 0 Å². The monoisotopic (exact) mass is 277 g/mol. The highest BCUT2D eigenvalue weighted by Crippen LogP contribution is 2.34. The Hall–Kier alpha value is -0.830. The third-order valence-corrected chi connectivity index (χ3v) is 4.73. The van der Waals surface area contributed by atoms with Gasteiger partial charge in [-0.3, -0.25) is 0 Å². The van der Waals surface area contributed by atoms with Gasteiger partial charge in [-0.05, 0) is 12.8 Å². The molecular weight excluding hydrogens is 246 g/mol. The number of imidazole rings is 1. The first-order chi connectivity index (χ1) is 9.40. The van der Waals surface area contributed by atoms with E-state index in [1.165, 1.54) is 30.1 Å². The van der Waals surface area contributed by atoms with Gasteiger partial charge < -0.3 is 9.88 Å². The minimum atomic E-state index is 0.109. The summed E-state index contributed by atoms with van der Waals surface area (Å²) in [4.78, 5) is 4.99. The first-order valence-corrected chi connectivity index (χ1v) is 8.21. The highest BCUT2D eigenvalue weighted by Gasteiger charge is 2.30. The standard InChI is InChI=1S/C17H31N3/c1-7-13(8-2)12(3)20-15-9-10-18-11-14(15)19-16(20)17(4,5)6/h12-13,18H,7-11H2,1-6H3. The molecule has 1 unspecified atom stereocenters. The zero-order chi connectivity index (χ0) is 14.9. The van der Waals surface area contributed by atoms with Crippen LogP contribution in [0.25, 0.3) is 0 Å². The quantitative estimate of drug-likeness (QED) is 0.906. The van der Waals surface area contributed by atoms with Crippen molar-refractivity contribution >= 4 is 0 Å². The maximum atomic E-state index is 4.99. The molecule has 1 aliphatic rings. The van der Waals surface area contributed by atoms with Crippen LogP contribution < -0.4 is 5.32 Å². The highest BCUT2D eigenvalue weighted by atomic mass is 15.2. The maximum Gasteiger partial charge on any atom is 0.114 e. The highest BCUT2D eigenvalue weighted by molar-refractivity contribution is 5.24. The molecule has 3 nitrogen and oxygen atoms in total. The molecule has 0 saturated carbocycles. The van der Waals surface area contributed by atoms with E-state index in [1.54, 1.807) is 0 Å². The number of aromatic nitrogens is 2. The van der Waals surface area contributed by atoms with Crippen molar-refractivity contribution in [2.45, 2.75) is 78.8 Å². The fraction of sp³-hybridized carbons (Fsp3) is 0.824. The van der Waals surface area contributed by atoms with Crippen LogP contribution in [0.2, 0.25) is 0 Å². The van der Waals surface area contributed by atoms with Crippen molar-refractivity contribution in [1.29, 1.82) is 0 Å². The molecule has 1 aromatic rings. The van der Waals surface area contributed by atoms with Gasteiger partial charge in [-0.2, -0.15) is 0 Å². The summed E-state index contributed by atoms with van der Waals surface area (Å²) < 4.78 is 2.58. The zero-order valence-corrected chi connectivity index (χ0v) is 14.1. The molecule has 3 heteroatoms. The van der Waals surface area contributed by atoms with Gasteiger partial charge in [-0.15, -0.1) is 0 Å². The second kappa shape index (κ2) is 5.88. The second-order valence-corrected chi connectivity index (χ2v) is 7.19. The molecule has 114 valence electrons. The number of hydrogen-bond acceptors (Lipinski definition) is 2. The van der Waals surface area contributed by atoms with Crippen molar-refractivity contribution in [3.63, 3.8) is 0 Å². The molecule has 1 N–H and O–H groups in total. The molecule has 0 spiro atoms. The number of rotatable bonds is 4. The van der Waals surface area contributed by atoms with Crippen molar-refractivity contribution in [3.05, 3.63) is 17.2 Å². The van der Waals surface area contributed by atoms with Crippen LogP contribution in [-0.2, 0) is 18.4 Å². The predicted octanol–water partition coefficient (Wildman–Crippen LogP) is 3.82. The van der Waals surface area contributed by atoms with E-state index in [0.717, 1.165) is 25.4 Å². The van der Waals surface area contributed by atoms with Crippen molar-refractivity contribution in [1.82, 2.24) is 14.9 Å². The van der Waals surface area contributed by atoms with Crippen molar-refractivity contribution in [3.8, 4) is 0 Å². The first-order valence-electron chi connectivity index (χ1n) is 8.21. The molecule has 20 heavy (non-hydrogen) atoms. The zero-order valence-electron chi connectivity index (χ0n) is 14.1. The minimum Gasteiger partial charge on any atom is -0.328 e. The summed E-state index contributed by atoms with van der Waals surface area (Å²) in [5.74, 6) is 2.01. The van der Waals surface area contributed by atoms with Crippen LogP contribution in [0, 0.1) is 5.92 Å². The molecular formula is C17H31N3. The Kier molecular flexibility index (Phi) is 4.58. The van der Waals surface area contributed by atoms with Gasteiger partial charge in [0.25, 0.3) is 0 Å². The second-order valence-electron chi connectivity index (χ2n) is 7.19. The fourth-order valence-electron chi connectivity index (χ4n) is 3.48. The minimum absolute atomic E-state index is 0.109. The molecule has 0 aliphatic carbocycles. The summed E-state index contributed by atoms with van der Waals surface area (Å²) in [6, 6.07) is 0.550. The Morgan fingerprint density at radius 1 is 1.25 bits per heavy atom. The Labute approximate surface area is 124 Å². The van der Waals surface area contributed by atoms with Crippen LogP contribution in [-0.4, -0.2) is 16.1 Å². The number of fused-ring (bicyclic) bond motifs is 1. The van der Waals surface area contributed by atoms with Gasteiger partial charge in [-0.25, -0.2) is 4.98 Å². The molecule has 1 aliphatic heterocycles. The number of nitrogens with one attached hydrogen (secondary N) is 1. The summed E-state index contributed by atoms with van der Waals surface area (Å²) in [6.45, 7) is 15.9. The summed E-state index contributed by atoms with van der Waals surface area (Å²) in [6.07, 6.45) is 3.60. The summed E-state index contributed by atoms with van der Waals surface area (Å²) in [7, 11) is 0. The van der Waals surface area contributed by atoms with Crippen LogP contribution >= 0.6 is 0 Å². The van der Waals surface area contributed by atoms with Gasteiger partial charge >= 0.3 is 0 Å². The molecule has 0 saturated heterocycles. The summed E-state index contributed by atoms with van der Waals surface area (Å²) in [5.41, 5.74) is 2.87. The van der Waals surface area contributed by atoms with Crippen LogP contribution in [0.4, 0.5) is 0 Å². The molecule has 2 rings (SSSR count). The van der Waals surface area contributed by atoms with Crippen LogP contribution in [0.1, 0.15) is 77.6 Å². The molecule has 0 amide bonds. The lowest BCUT2D eigenvalue weighted by Crippen LogP contribution is -2.29. The average molecular weight is 277 g/mol.